The summed E-state index contributed by atoms with van der Waals surface area (Å²) in [5, 5.41) is 2.90. The van der Waals surface area contributed by atoms with Gasteiger partial charge in [-0.15, -0.1) is 0 Å². The van der Waals surface area contributed by atoms with Crippen molar-refractivity contribution >= 4 is 23.1 Å². The Morgan fingerprint density at radius 2 is 1.78 bits per heavy atom. The standard InChI is InChI=1S/C24H29N3O5/c1-16(28)25-19-6-4-5-7-20(19)27-10-8-26(9-11-27)14-23-24(29)18-13-22(31-3)21(30-2)12-17(18)15-32-23/h4-7,12-13,23H,8-11,14-15H2,1-3H3,(H,25,28). The Morgan fingerprint density at radius 1 is 1.09 bits per heavy atom. The summed E-state index contributed by atoms with van der Waals surface area (Å²) < 4.78 is 16.6. The highest BCUT2D eigenvalue weighted by atomic mass is 16.5. The third-order valence-corrected chi connectivity index (χ3v) is 5.96. The highest BCUT2D eigenvalue weighted by molar-refractivity contribution is 6.02. The molecule has 0 bridgehead atoms. The lowest BCUT2D eigenvalue weighted by atomic mass is 9.96. The molecule has 1 amide bonds. The third kappa shape index (κ3) is 4.56. The summed E-state index contributed by atoms with van der Waals surface area (Å²) in [7, 11) is 3.14. The number of nitrogens with zero attached hydrogens (tertiary/aromatic N) is 2. The normalized spacial score (nSPS) is 18.8. The predicted molar refractivity (Wildman–Crippen MR) is 122 cm³/mol. The van der Waals surface area contributed by atoms with Gasteiger partial charge in [0.15, 0.2) is 17.3 Å². The van der Waals surface area contributed by atoms with E-state index in [1.807, 2.05) is 30.3 Å². The fourth-order valence-electron chi connectivity index (χ4n) is 4.30. The fraction of sp³-hybridized carbons (Fsp3) is 0.417. The molecule has 1 fully saturated rings. The molecule has 1 saturated heterocycles. The first-order valence-corrected chi connectivity index (χ1v) is 10.7. The Morgan fingerprint density at radius 3 is 2.47 bits per heavy atom. The van der Waals surface area contributed by atoms with E-state index >= 15 is 0 Å². The van der Waals surface area contributed by atoms with Crippen LogP contribution in [0.4, 0.5) is 11.4 Å². The number of hydrogen-bond acceptors (Lipinski definition) is 7. The number of fused-ring (bicyclic) bond motifs is 1. The number of hydrogen-bond donors (Lipinski definition) is 1. The fourth-order valence-corrected chi connectivity index (χ4v) is 4.30. The third-order valence-electron chi connectivity index (χ3n) is 5.96. The molecule has 2 aliphatic heterocycles. The van der Waals surface area contributed by atoms with Gasteiger partial charge in [0.05, 0.1) is 32.2 Å². The van der Waals surface area contributed by atoms with E-state index in [0.29, 0.717) is 30.2 Å². The maximum absolute atomic E-state index is 13.1. The molecule has 0 saturated carbocycles. The van der Waals surface area contributed by atoms with Gasteiger partial charge < -0.3 is 24.4 Å². The Balaban J connectivity index is 1.39. The highest BCUT2D eigenvalue weighted by Gasteiger charge is 2.32. The zero-order valence-corrected chi connectivity index (χ0v) is 18.7. The number of rotatable bonds is 6. The molecular formula is C24H29N3O5. The highest BCUT2D eigenvalue weighted by Crippen LogP contribution is 2.34. The first-order valence-electron chi connectivity index (χ1n) is 10.7. The smallest absolute Gasteiger partial charge is 0.221 e. The largest absolute Gasteiger partial charge is 0.493 e. The van der Waals surface area contributed by atoms with Crippen molar-refractivity contribution in [2.24, 2.45) is 0 Å². The van der Waals surface area contributed by atoms with E-state index in [1.165, 1.54) is 6.92 Å². The van der Waals surface area contributed by atoms with Gasteiger partial charge in [-0.1, -0.05) is 12.1 Å². The number of piperazine rings is 1. The zero-order valence-electron chi connectivity index (χ0n) is 18.7. The van der Waals surface area contributed by atoms with Crippen molar-refractivity contribution in [2.75, 3.05) is 57.2 Å². The zero-order chi connectivity index (χ0) is 22.7. The Bertz CT molecular complexity index is 1000. The summed E-state index contributed by atoms with van der Waals surface area (Å²) in [6.45, 7) is 5.66. The van der Waals surface area contributed by atoms with Crippen LogP contribution in [-0.4, -0.2) is 69.6 Å². The molecule has 0 aliphatic carbocycles. The van der Waals surface area contributed by atoms with Crippen LogP contribution < -0.4 is 19.7 Å². The first-order chi connectivity index (χ1) is 15.5. The van der Waals surface area contributed by atoms with E-state index in [4.69, 9.17) is 14.2 Å². The molecule has 0 aromatic heterocycles. The summed E-state index contributed by atoms with van der Waals surface area (Å²) >= 11 is 0. The van der Waals surface area contributed by atoms with E-state index < -0.39 is 6.10 Å². The number of ether oxygens (including phenoxy) is 3. The summed E-state index contributed by atoms with van der Waals surface area (Å²) in [6.07, 6.45) is -0.501. The van der Waals surface area contributed by atoms with Crippen LogP contribution in [0.15, 0.2) is 36.4 Å². The molecular weight excluding hydrogens is 410 g/mol. The molecule has 1 N–H and O–H groups in total. The number of amides is 1. The maximum Gasteiger partial charge on any atom is 0.221 e. The van der Waals surface area contributed by atoms with Gasteiger partial charge in [0, 0.05) is 45.2 Å². The van der Waals surface area contributed by atoms with Crippen molar-refractivity contribution in [3.8, 4) is 11.5 Å². The summed E-state index contributed by atoms with van der Waals surface area (Å²) in [6, 6.07) is 11.4. The molecule has 32 heavy (non-hydrogen) atoms. The van der Waals surface area contributed by atoms with Gasteiger partial charge in [-0.2, -0.15) is 0 Å². The van der Waals surface area contributed by atoms with Crippen molar-refractivity contribution in [2.45, 2.75) is 19.6 Å². The molecule has 2 aromatic carbocycles. The Kier molecular flexibility index (Phi) is 6.62. The molecule has 1 unspecified atom stereocenters. The van der Waals surface area contributed by atoms with E-state index in [-0.39, 0.29) is 11.7 Å². The van der Waals surface area contributed by atoms with Crippen LogP contribution in [0, 0.1) is 0 Å². The number of methoxy groups -OCH3 is 2. The van der Waals surface area contributed by atoms with Crippen LogP contribution in [0.2, 0.25) is 0 Å². The van der Waals surface area contributed by atoms with E-state index in [9.17, 15) is 9.59 Å². The molecule has 1 atom stereocenters. The van der Waals surface area contributed by atoms with Crippen LogP contribution >= 0.6 is 0 Å². The van der Waals surface area contributed by atoms with Gasteiger partial charge in [-0.3, -0.25) is 14.5 Å². The SMILES string of the molecule is COc1cc2c(cc1OC)C(=O)C(CN1CCN(c3ccccc3NC(C)=O)CC1)OC2. The monoisotopic (exact) mass is 439 g/mol. The van der Waals surface area contributed by atoms with Crippen LogP contribution in [0.1, 0.15) is 22.8 Å². The van der Waals surface area contributed by atoms with E-state index in [2.05, 4.69) is 15.1 Å². The van der Waals surface area contributed by atoms with Crippen LogP contribution in [0.5, 0.6) is 11.5 Å². The summed E-state index contributed by atoms with van der Waals surface area (Å²) in [5.41, 5.74) is 3.30. The Hall–Kier alpha value is -3.10. The molecule has 8 nitrogen and oxygen atoms in total. The number of carbonyl (C=O) groups is 2. The lowest BCUT2D eigenvalue weighted by molar-refractivity contribution is -0.114. The number of benzene rings is 2. The van der Waals surface area contributed by atoms with E-state index in [0.717, 1.165) is 43.1 Å². The first kappa shape index (κ1) is 22.1. The topological polar surface area (TPSA) is 80.3 Å². The minimum atomic E-state index is -0.501. The van der Waals surface area contributed by atoms with Gasteiger partial charge in [0.25, 0.3) is 0 Å². The second-order valence-corrected chi connectivity index (χ2v) is 8.01. The molecule has 2 aromatic rings. The van der Waals surface area contributed by atoms with Crippen molar-refractivity contribution in [1.29, 1.82) is 0 Å². The van der Waals surface area contributed by atoms with Crippen LogP contribution in [-0.2, 0) is 16.1 Å². The molecule has 2 heterocycles. The van der Waals surface area contributed by atoms with E-state index in [1.54, 1.807) is 20.3 Å². The van der Waals surface area contributed by atoms with Crippen molar-refractivity contribution in [3.05, 3.63) is 47.5 Å². The van der Waals surface area contributed by atoms with Crippen molar-refractivity contribution in [3.63, 3.8) is 0 Å². The minimum absolute atomic E-state index is 0.0226. The molecule has 0 radical (unpaired) electrons. The molecule has 4 rings (SSSR count). The van der Waals surface area contributed by atoms with Gasteiger partial charge in [0.2, 0.25) is 5.91 Å². The minimum Gasteiger partial charge on any atom is -0.493 e. The molecule has 2 aliphatic rings. The molecule has 170 valence electrons. The number of Topliss-reactive ketones (excluding diaryl/α,β-unsaturated/α-hetero) is 1. The van der Waals surface area contributed by atoms with Gasteiger partial charge >= 0.3 is 0 Å². The number of carbonyl (C=O) groups excluding carboxylic acids is 2. The number of para-hydroxylation sites is 2. The average molecular weight is 440 g/mol. The lowest BCUT2D eigenvalue weighted by Crippen LogP contribution is -2.50. The predicted octanol–water partition coefficient (Wildman–Crippen LogP) is 2.57. The number of ketones is 1. The lowest BCUT2D eigenvalue weighted by Gasteiger charge is -2.38. The molecule has 8 heteroatoms. The average Bonchev–Trinajstić information content (AvgIpc) is 2.80. The van der Waals surface area contributed by atoms with Crippen LogP contribution in [0.3, 0.4) is 0 Å². The number of nitrogens with one attached hydrogen (secondary N) is 1. The van der Waals surface area contributed by atoms with Gasteiger partial charge in [-0.25, -0.2) is 0 Å². The second kappa shape index (κ2) is 9.58. The van der Waals surface area contributed by atoms with Crippen molar-refractivity contribution < 1.29 is 23.8 Å². The summed E-state index contributed by atoms with van der Waals surface area (Å²) in [5.74, 6) is 1.03. The van der Waals surface area contributed by atoms with Crippen LogP contribution in [0.25, 0.3) is 0 Å². The van der Waals surface area contributed by atoms with Gasteiger partial charge in [0.1, 0.15) is 6.10 Å². The van der Waals surface area contributed by atoms with Crippen molar-refractivity contribution in [1.82, 2.24) is 4.90 Å². The second-order valence-electron chi connectivity index (χ2n) is 8.01. The maximum atomic E-state index is 13.1. The quantitative estimate of drug-likeness (QED) is 0.741. The molecule has 0 spiro atoms. The Labute approximate surface area is 188 Å². The summed E-state index contributed by atoms with van der Waals surface area (Å²) in [4.78, 5) is 29.1. The number of anilines is 2. The van der Waals surface area contributed by atoms with Gasteiger partial charge in [-0.05, 0) is 29.8 Å².